The fourth-order valence-electron chi connectivity index (χ4n) is 2.31. The molecule has 100 valence electrons. The highest BCUT2D eigenvalue weighted by molar-refractivity contribution is 7.09. The number of piperazine rings is 1. The van der Waals surface area contributed by atoms with E-state index in [0.29, 0.717) is 0 Å². The van der Waals surface area contributed by atoms with Gasteiger partial charge in [-0.1, -0.05) is 6.07 Å². The van der Waals surface area contributed by atoms with Gasteiger partial charge in [-0.3, -0.25) is 14.6 Å². The summed E-state index contributed by atoms with van der Waals surface area (Å²) in [4.78, 5) is 17.7. The molecule has 0 aliphatic carbocycles. The van der Waals surface area contributed by atoms with E-state index in [2.05, 4.69) is 32.6 Å². The van der Waals surface area contributed by atoms with Gasteiger partial charge in [0.2, 0.25) is 5.91 Å². The Balaban J connectivity index is 1.79. The highest BCUT2D eigenvalue weighted by Gasteiger charge is 2.24. The summed E-state index contributed by atoms with van der Waals surface area (Å²) in [6.45, 7) is 7.05. The number of nitrogens with one attached hydrogen (secondary N) is 1. The first-order valence-electron chi connectivity index (χ1n) is 6.41. The summed E-state index contributed by atoms with van der Waals surface area (Å²) in [7, 11) is 1.70. The zero-order valence-corrected chi connectivity index (χ0v) is 11.9. The summed E-state index contributed by atoms with van der Waals surface area (Å²) < 4.78 is 0. The van der Waals surface area contributed by atoms with E-state index in [1.165, 1.54) is 4.88 Å². The Bertz CT molecular complexity index is 372. The van der Waals surface area contributed by atoms with Crippen LogP contribution in [0.5, 0.6) is 0 Å². The fraction of sp³-hybridized carbons (Fsp3) is 0.615. The molecule has 1 aliphatic heterocycles. The number of carbonyl (C=O) groups excluding carboxylic acids is 1. The van der Waals surface area contributed by atoms with Gasteiger partial charge in [-0.25, -0.2) is 0 Å². The maximum Gasteiger partial charge on any atom is 0.236 e. The molecular formula is C13H21N3OS. The molecule has 0 saturated carbocycles. The van der Waals surface area contributed by atoms with Gasteiger partial charge in [0, 0.05) is 44.6 Å². The third-order valence-corrected chi connectivity index (χ3v) is 4.40. The Morgan fingerprint density at radius 3 is 2.72 bits per heavy atom. The molecular weight excluding hydrogens is 246 g/mol. The van der Waals surface area contributed by atoms with Gasteiger partial charge in [0.05, 0.1) is 6.04 Å². The lowest BCUT2D eigenvalue weighted by Gasteiger charge is -2.37. The van der Waals surface area contributed by atoms with Gasteiger partial charge in [0.1, 0.15) is 0 Å². The van der Waals surface area contributed by atoms with Gasteiger partial charge < -0.3 is 5.32 Å². The van der Waals surface area contributed by atoms with Crippen LogP contribution in [0, 0.1) is 0 Å². The second-order valence-corrected chi connectivity index (χ2v) is 5.71. The molecule has 1 aromatic heterocycles. The average molecular weight is 267 g/mol. The van der Waals surface area contributed by atoms with E-state index in [4.69, 9.17) is 0 Å². The van der Waals surface area contributed by atoms with Crippen LogP contribution in [-0.4, -0.2) is 55.0 Å². The molecule has 1 amide bonds. The predicted octanol–water partition coefficient (Wildman–Crippen LogP) is 1.00. The van der Waals surface area contributed by atoms with E-state index in [-0.39, 0.29) is 11.9 Å². The van der Waals surface area contributed by atoms with E-state index in [1.54, 1.807) is 7.05 Å². The molecule has 0 unspecified atom stereocenters. The summed E-state index contributed by atoms with van der Waals surface area (Å²) in [5.41, 5.74) is 0. The molecule has 1 aromatic rings. The Labute approximate surface area is 113 Å². The Morgan fingerprint density at radius 1 is 1.44 bits per heavy atom. The molecule has 0 radical (unpaired) electrons. The van der Waals surface area contributed by atoms with E-state index >= 15 is 0 Å². The molecule has 1 saturated heterocycles. The Hall–Kier alpha value is -0.910. The topological polar surface area (TPSA) is 35.6 Å². The normalized spacial score (nSPS) is 19.7. The monoisotopic (exact) mass is 267 g/mol. The van der Waals surface area contributed by atoms with Crippen molar-refractivity contribution in [3.63, 3.8) is 0 Å². The van der Waals surface area contributed by atoms with Crippen LogP contribution in [0.1, 0.15) is 11.8 Å². The van der Waals surface area contributed by atoms with Gasteiger partial charge in [-0.2, -0.15) is 0 Å². The van der Waals surface area contributed by atoms with Crippen LogP contribution in [-0.2, 0) is 11.3 Å². The third-order valence-electron chi connectivity index (χ3n) is 3.54. The van der Waals surface area contributed by atoms with Crippen LogP contribution in [0.3, 0.4) is 0 Å². The van der Waals surface area contributed by atoms with Crippen LogP contribution < -0.4 is 5.32 Å². The summed E-state index contributed by atoms with van der Waals surface area (Å²) in [5, 5.41) is 4.84. The first-order valence-corrected chi connectivity index (χ1v) is 7.29. The summed E-state index contributed by atoms with van der Waals surface area (Å²) in [5.74, 6) is 0.113. The van der Waals surface area contributed by atoms with E-state index in [0.717, 1.165) is 32.7 Å². The minimum absolute atomic E-state index is 0.0149. The minimum atomic E-state index is -0.0149. The lowest BCUT2D eigenvalue weighted by Crippen LogP contribution is -2.53. The Kier molecular flexibility index (Phi) is 4.74. The fourth-order valence-corrected chi connectivity index (χ4v) is 3.05. The largest absolute Gasteiger partial charge is 0.358 e. The van der Waals surface area contributed by atoms with Crippen LogP contribution in [0.2, 0.25) is 0 Å². The van der Waals surface area contributed by atoms with Crippen molar-refractivity contribution >= 4 is 17.2 Å². The van der Waals surface area contributed by atoms with Gasteiger partial charge >= 0.3 is 0 Å². The number of hydrogen-bond acceptors (Lipinski definition) is 4. The van der Waals surface area contributed by atoms with Crippen molar-refractivity contribution in [1.29, 1.82) is 0 Å². The third kappa shape index (κ3) is 3.31. The van der Waals surface area contributed by atoms with Crippen molar-refractivity contribution in [2.75, 3.05) is 33.2 Å². The molecule has 2 heterocycles. The van der Waals surface area contributed by atoms with E-state index in [1.807, 2.05) is 18.3 Å². The van der Waals surface area contributed by atoms with Crippen LogP contribution in [0.15, 0.2) is 17.5 Å². The summed E-state index contributed by atoms with van der Waals surface area (Å²) in [6.07, 6.45) is 0. The number of nitrogens with zero attached hydrogens (tertiary/aromatic N) is 2. The SMILES string of the molecule is CNC(=O)[C@@H](C)N1CCN(Cc2cccs2)CC1. The smallest absolute Gasteiger partial charge is 0.236 e. The van der Waals surface area contributed by atoms with Gasteiger partial charge in [0.25, 0.3) is 0 Å². The number of hydrogen-bond donors (Lipinski definition) is 1. The molecule has 1 fully saturated rings. The van der Waals surface area contributed by atoms with Crippen molar-refractivity contribution < 1.29 is 4.79 Å². The number of thiophene rings is 1. The standard InChI is InChI=1S/C13H21N3OS/c1-11(13(17)14-2)16-7-5-15(6-8-16)10-12-4-3-9-18-12/h3-4,9,11H,5-8,10H2,1-2H3,(H,14,17)/t11-/m1/s1. The zero-order valence-electron chi connectivity index (χ0n) is 11.1. The maximum absolute atomic E-state index is 11.6. The first kappa shape index (κ1) is 13.5. The van der Waals surface area contributed by atoms with Crippen LogP contribution in [0.4, 0.5) is 0 Å². The van der Waals surface area contributed by atoms with Crippen molar-refractivity contribution in [1.82, 2.24) is 15.1 Å². The molecule has 1 atom stereocenters. The first-order chi connectivity index (χ1) is 8.70. The number of rotatable bonds is 4. The molecule has 0 aromatic carbocycles. The second-order valence-electron chi connectivity index (χ2n) is 4.68. The maximum atomic E-state index is 11.6. The average Bonchev–Trinajstić information content (AvgIpc) is 2.91. The lowest BCUT2D eigenvalue weighted by atomic mass is 10.2. The van der Waals surface area contributed by atoms with E-state index in [9.17, 15) is 4.79 Å². The van der Waals surface area contributed by atoms with Gasteiger partial charge in [-0.15, -0.1) is 11.3 Å². The van der Waals surface area contributed by atoms with Crippen LogP contribution >= 0.6 is 11.3 Å². The minimum Gasteiger partial charge on any atom is -0.358 e. The molecule has 1 aliphatic rings. The Morgan fingerprint density at radius 2 is 2.17 bits per heavy atom. The van der Waals surface area contributed by atoms with Gasteiger partial charge in [0.15, 0.2) is 0 Å². The lowest BCUT2D eigenvalue weighted by molar-refractivity contribution is -0.126. The van der Waals surface area contributed by atoms with Crippen molar-refractivity contribution in [3.8, 4) is 0 Å². The van der Waals surface area contributed by atoms with Crippen molar-refractivity contribution in [3.05, 3.63) is 22.4 Å². The molecule has 0 bridgehead atoms. The second kappa shape index (κ2) is 6.31. The highest BCUT2D eigenvalue weighted by atomic mass is 32.1. The predicted molar refractivity (Wildman–Crippen MR) is 74.7 cm³/mol. The van der Waals surface area contributed by atoms with E-state index < -0.39 is 0 Å². The summed E-state index contributed by atoms with van der Waals surface area (Å²) in [6, 6.07) is 4.27. The van der Waals surface area contributed by atoms with Crippen molar-refractivity contribution in [2.45, 2.75) is 19.5 Å². The molecule has 5 heteroatoms. The molecule has 1 N–H and O–H groups in total. The number of likely N-dealkylation sites (N-methyl/N-ethyl adjacent to an activating group) is 1. The highest BCUT2D eigenvalue weighted by Crippen LogP contribution is 2.14. The number of carbonyl (C=O) groups is 1. The van der Waals surface area contributed by atoms with Gasteiger partial charge in [-0.05, 0) is 18.4 Å². The van der Waals surface area contributed by atoms with Crippen LogP contribution in [0.25, 0.3) is 0 Å². The molecule has 4 nitrogen and oxygen atoms in total. The summed E-state index contributed by atoms with van der Waals surface area (Å²) >= 11 is 1.81. The molecule has 2 rings (SSSR count). The van der Waals surface area contributed by atoms with Crippen molar-refractivity contribution in [2.24, 2.45) is 0 Å². The zero-order chi connectivity index (χ0) is 13.0. The number of amides is 1. The molecule has 0 spiro atoms. The quantitative estimate of drug-likeness (QED) is 0.884. The molecule has 18 heavy (non-hydrogen) atoms.